The third-order valence-corrected chi connectivity index (χ3v) is 3.25. The third-order valence-electron chi connectivity index (χ3n) is 2.37. The van der Waals surface area contributed by atoms with E-state index in [0.717, 1.165) is 18.0 Å². The van der Waals surface area contributed by atoms with E-state index in [9.17, 15) is 0 Å². The van der Waals surface area contributed by atoms with Crippen LogP contribution in [-0.2, 0) is 0 Å². The molecule has 1 aromatic rings. The second kappa shape index (κ2) is 3.86. The van der Waals surface area contributed by atoms with Crippen LogP contribution in [0.2, 0.25) is 0 Å². The molecule has 2 heterocycles. The molecule has 0 saturated carbocycles. The Kier molecular flexibility index (Phi) is 2.57. The first-order chi connectivity index (χ1) is 6.42. The van der Waals surface area contributed by atoms with Gasteiger partial charge in [0.15, 0.2) is 0 Å². The Balaban J connectivity index is 2.11. The number of hydrogen-bond acceptors (Lipinski definition) is 4. The summed E-state index contributed by atoms with van der Waals surface area (Å²) in [6.45, 7) is 1.57. The topological polar surface area (TPSA) is 39.9 Å². The van der Waals surface area contributed by atoms with Crippen molar-refractivity contribution in [2.24, 2.45) is 0 Å². The normalized spacial score (nSPS) is 23.2. The summed E-state index contributed by atoms with van der Waals surface area (Å²) in [5.41, 5.74) is 0. The molecule has 13 heavy (non-hydrogen) atoms. The van der Waals surface area contributed by atoms with Crippen molar-refractivity contribution in [1.82, 2.24) is 9.88 Å². The summed E-state index contributed by atoms with van der Waals surface area (Å²) in [7, 11) is 0. The van der Waals surface area contributed by atoms with Crippen molar-refractivity contribution in [2.45, 2.75) is 18.9 Å². The second-order valence-electron chi connectivity index (χ2n) is 3.16. The summed E-state index contributed by atoms with van der Waals surface area (Å²) in [6, 6.07) is 2.61. The van der Waals surface area contributed by atoms with Crippen LogP contribution in [0.5, 0.6) is 0 Å². The average Bonchev–Trinajstić information content (AvgIpc) is 2.71. The summed E-state index contributed by atoms with van der Waals surface area (Å²) in [4.78, 5) is 6.51. The highest BCUT2D eigenvalue weighted by Gasteiger charge is 2.27. The van der Waals surface area contributed by atoms with E-state index in [1.807, 2.05) is 11.6 Å². The maximum Gasteiger partial charge on any atom is 0.110 e. The van der Waals surface area contributed by atoms with Gasteiger partial charge in [-0.25, -0.2) is 4.98 Å². The molecule has 0 radical (unpaired) electrons. The van der Waals surface area contributed by atoms with Crippen LogP contribution in [0.25, 0.3) is 0 Å². The van der Waals surface area contributed by atoms with Crippen LogP contribution in [-0.4, -0.2) is 23.0 Å². The molecule has 4 heteroatoms. The predicted octanol–water partition coefficient (Wildman–Crippen LogP) is 1.80. The zero-order chi connectivity index (χ0) is 9.10. The quantitative estimate of drug-likeness (QED) is 0.672. The monoisotopic (exact) mass is 193 g/mol. The SMILES string of the molecule is N#CCN1CCCC1c1nccs1. The van der Waals surface area contributed by atoms with E-state index in [-0.39, 0.29) is 0 Å². The van der Waals surface area contributed by atoms with Gasteiger partial charge >= 0.3 is 0 Å². The molecule has 0 spiro atoms. The Morgan fingerprint density at radius 1 is 1.77 bits per heavy atom. The summed E-state index contributed by atoms with van der Waals surface area (Å²) in [5.74, 6) is 0. The molecule has 68 valence electrons. The fraction of sp³-hybridized carbons (Fsp3) is 0.556. The third kappa shape index (κ3) is 1.71. The van der Waals surface area contributed by atoms with Crippen molar-refractivity contribution in [2.75, 3.05) is 13.1 Å². The van der Waals surface area contributed by atoms with E-state index in [1.54, 1.807) is 11.3 Å². The standard InChI is InChI=1S/C9H11N3S/c10-3-6-12-5-1-2-8(12)9-11-4-7-13-9/h4,7-8H,1-2,5-6H2. The van der Waals surface area contributed by atoms with Gasteiger partial charge in [0.25, 0.3) is 0 Å². The average molecular weight is 193 g/mol. The molecule has 1 atom stereocenters. The van der Waals surface area contributed by atoms with Gasteiger partial charge in [-0.2, -0.15) is 5.26 Å². The molecular formula is C9H11N3S. The van der Waals surface area contributed by atoms with E-state index in [2.05, 4.69) is 16.0 Å². The van der Waals surface area contributed by atoms with Crippen molar-refractivity contribution in [3.8, 4) is 6.07 Å². The molecule has 1 saturated heterocycles. The first kappa shape index (κ1) is 8.67. The maximum absolute atomic E-state index is 8.63. The molecule has 0 amide bonds. The summed E-state index contributed by atoms with van der Waals surface area (Å²) < 4.78 is 0. The molecule has 0 aliphatic carbocycles. The van der Waals surface area contributed by atoms with Gasteiger partial charge in [0.2, 0.25) is 0 Å². The van der Waals surface area contributed by atoms with Crippen LogP contribution in [0.3, 0.4) is 0 Å². The molecule has 1 aliphatic rings. The smallest absolute Gasteiger partial charge is 0.110 e. The van der Waals surface area contributed by atoms with Gasteiger partial charge < -0.3 is 0 Å². The van der Waals surface area contributed by atoms with E-state index < -0.39 is 0 Å². The highest BCUT2D eigenvalue weighted by molar-refractivity contribution is 7.09. The number of hydrogen-bond donors (Lipinski definition) is 0. The largest absolute Gasteiger partial charge is 0.281 e. The zero-order valence-electron chi connectivity index (χ0n) is 7.31. The van der Waals surface area contributed by atoms with Gasteiger partial charge in [-0.15, -0.1) is 11.3 Å². The van der Waals surface area contributed by atoms with Gasteiger partial charge in [-0.05, 0) is 19.4 Å². The molecule has 1 aliphatic heterocycles. The molecule has 2 rings (SSSR count). The molecule has 3 nitrogen and oxygen atoms in total. The van der Waals surface area contributed by atoms with Gasteiger partial charge in [-0.3, -0.25) is 4.90 Å². The summed E-state index contributed by atoms with van der Waals surface area (Å²) >= 11 is 1.69. The highest BCUT2D eigenvalue weighted by Crippen LogP contribution is 2.32. The molecule has 0 N–H and O–H groups in total. The van der Waals surface area contributed by atoms with Crippen molar-refractivity contribution in [3.05, 3.63) is 16.6 Å². The number of thiazole rings is 1. The Hall–Kier alpha value is -0.920. The van der Waals surface area contributed by atoms with E-state index in [1.165, 1.54) is 6.42 Å². The van der Waals surface area contributed by atoms with E-state index in [0.29, 0.717) is 12.6 Å². The summed E-state index contributed by atoms with van der Waals surface area (Å²) in [6.07, 6.45) is 4.17. The molecule has 0 bridgehead atoms. The lowest BCUT2D eigenvalue weighted by atomic mass is 10.2. The lowest BCUT2D eigenvalue weighted by molar-refractivity contribution is 0.288. The van der Waals surface area contributed by atoms with E-state index >= 15 is 0 Å². The van der Waals surface area contributed by atoms with Gasteiger partial charge in [0, 0.05) is 11.6 Å². The molecule has 0 aromatic carbocycles. The zero-order valence-corrected chi connectivity index (χ0v) is 8.13. The van der Waals surface area contributed by atoms with Crippen LogP contribution < -0.4 is 0 Å². The first-order valence-electron chi connectivity index (χ1n) is 4.42. The summed E-state index contributed by atoms with van der Waals surface area (Å²) in [5, 5.41) is 11.8. The minimum atomic E-state index is 0.402. The highest BCUT2D eigenvalue weighted by atomic mass is 32.1. The minimum Gasteiger partial charge on any atom is -0.281 e. The lowest BCUT2D eigenvalue weighted by Gasteiger charge is -2.18. The molecule has 1 unspecified atom stereocenters. The lowest BCUT2D eigenvalue weighted by Crippen LogP contribution is -2.23. The first-order valence-corrected chi connectivity index (χ1v) is 5.30. The number of likely N-dealkylation sites (tertiary alicyclic amines) is 1. The van der Waals surface area contributed by atoms with Crippen molar-refractivity contribution < 1.29 is 0 Å². The van der Waals surface area contributed by atoms with Gasteiger partial charge in [0.05, 0.1) is 18.7 Å². The van der Waals surface area contributed by atoms with Gasteiger partial charge in [0.1, 0.15) is 5.01 Å². The maximum atomic E-state index is 8.63. The number of nitriles is 1. The van der Waals surface area contributed by atoms with Crippen LogP contribution in [0, 0.1) is 11.3 Å². The van der Waals surface area contributed by atoms with Crippen molar-refractivity contribution in [3.63, 3.8) is 0 Å². The van der Waals surface area contributed by atoms with Gasteiger partial charge in [-0.1, -0.05) is 0 Å². The van der Waals surface area contributed by atoms with Crippen molar-refractivity contribution in [1.29, 1.82) is 5.26 Å². The van der Waals surface area contributed by atoms with E-state index in [4.69, 9.17) is 5.26 Å². The van der Waals surface area contributed by atoms with Crippen LogP contribution in [0.15, 0.2) is 11.6 Å². The number of rotatable bonds is 2. The predicted molar refractivity (Wildman–Crippen MR) is 51.3 cm³/mol. The molecular weight excluding hydrogens is 182 g/mol. The number of nitrogens with zero attached hydrogens (tertiary/aromatic N) is 3. The Labute approximate surface area is 81.6 Å². The van der Waals surface area contributed by atoms with Crippen molar-refractivity contribution >= 4 is 11.3 Å². The number of aromatic nitrogens is 1. The second-order valence-corrected chi connectivity index (χ2v) is 4.08. The van der Waals surface area contributed by atoms with Crippen LogP contribution >= 0.6 is 11.3 Å². The minimum absolute atomic E-state index is 0.402. The Morgan fingerprint density at radius 2 is 2.69 bits per heavy atom. The molecule has 1 aromatic heterocycles. The van der Waals surface area contributed by atoms with Crippen LogP contribution in [0.1, 0.15) is 23.9 Å². The van der Waals surface area contributed by atoms with Crippen LogP contribution in [0.4, 0.5) is 0 Å². The fourth-order valence-corrected chi connectivity index (χ4v) is 2.59. The Morgan fingerprint density at radius 3 is 3.38 bits per heavy atom. The molecule has 1 fully saturated rings. The fourth-order valence-electron chi connectivity index (χ4n) is 1.78. The Bertz CT molecular complexity index is 301.